The maximum atomic E-state index is 13.1. The lowest BCUT2D eigenvalue weighted by atomic mass is 9.93. The summed E-state index contributed by atoms with van der Waals surface area (Å²) >= 11 is 0. The van der Waals surface area contributed by atoms with E-state index < -0.39 is 0 Å². The van der Waals surface area contributed by atoms with Gasteiger partial charge in [0, 0.05) is 11.7 Å². The number of aryl methyl sites for hydroxylation is 1. The fraction of sp³-hybridized carbons (Fsp3) is 0.538. The van der Waals surface area contributed by atoms with Crippen LogP contribution in [0.1, 0.15) is 31.2 Å². The molecule has 0 unspecified atom stereocenters. The molecule has 2 N–H and O–H groups in total. The number of nitrogens with one attached hydrogen (secondary N) is 1. The molecule has 0 aromatic heterocycles. The highest BCUT2D eigenvalue weighted by molar-refractivity contribution is 5.46. The van der Waals surface area contributed by atoms with Gasteiger partial charge in [-0.05, 0) is 56.4 Å². The Kier molecular flexibility index (Phi) is 3.44. The van der Waals surface area contributed by atoms with E-state index in [4.69, 9.17) is 0 Å². The Morgan fingerprint density at radius 2 is 1.94 bits per heavy atom. The zero-order valence-electron chi connectivity index (χ0n) is 9.54. The summed E-state index contributed by atoms with van der Waals surface area (Å²) in [5.41, 5.74) is 1.64. The Morgan fingerprint density at radius 3 is 2.56 bits per heavy atom. The largest absolute Gasteiger partial charge is 0.393 e. The van der Waals surface area contributed by atoms with Crippen LogP contribution in [0.5, 0.6) is 0 Å². The third kappa shape index (κ3) is 2.73. The van der Waals surface area contributed by atoms with Crippen LogP contribution in [0.4, 0.5) is 10.1 Å². The zero-order valence-corrected chi connectivity index (χ0v) is 9.54. The summed E-state index contributed by atoms with van der Waals surface area (Å²) in [5, 5.41) is 12.8. The first kappa shape index (κ1) is 11.4. The van der Waals surface area contributed by atoms with Crippen LogP contribution in [0.15, 0.2) is 18.2 Å². The molecule has 16 heavy (non-hydrogen) atoms. The lowest BCUT2D eigenvalue weighted by Crippen LogP contribution is -2.28. The van der Waals surface area contributed by atoms with E-state index in [1.165, 1.54) is 6.07 Å². The SMILES string of the molecule is Cc1cc(NC2CCC(O)CC2)ccc1F. The average Bonchev–Trinajstić information content (AvgIpc) is 2.27. The van der Waals surface area contributed by atoms with E-state index in [-0.39, 0.29) is 11.9 Å². The highest BCUT2D eigenvalue weighted by Crippen LogP contribution is 2.23. The summed E-state index contributed by atoms with van der Waals surface area (Å²) in [6.45, 7) is 1.77. The van der Waals surface area contributed by atoms with Crippen LogP contribution in [-0.4, -0.2) is 17.3 Å². The Balaban J connectivity index is 1.96. The number of rotatable bonds is 2. The summed E-state index contributed by atoms with van der Waals surface area (Å²) in [5.74, 6) is -0.162. The molecule has 0 atom stereocenters. The van der Waals surface area contributed by atoms with E-state index in [2.05, 4.69) is 5.32 Å². The maximum absolute atomic E-state index is 13.1. The number of halogens is 1. The molecule has 1 aliphatic carbocycles. The van der Waals surface area contributed by atoms with Crippen molar-refractivity contribution in [2.75, 3.05) is 5.32 Å². The van der Waals surface area contributed by atoms with E-state index in [0.717, 1.165) is 31.4 Å². The molecule has 1 aromatic rings. The number of anilines is 1. The van der Waals surface area contributed by atoms with Crippen LogP contribution >= 0.6 is 0 Å². The molecular formula is C13H18FNO. The van der Waals surface area contributed by atoms with Crippen LogP contribution in [-0.2, 0) is 0 Å². The van der Waals surface area contributed by atoms with Crippen molar-refractivity contribution in [1.82, 2.24) is 0 Å². The molecule has 0 bridgehead atoms. The highest BCUT2D eigenvalue weighted by Gasteiger charge is 2.18. The van der Waals surface area contributed by atoms with Gasteiger partial charge in [-0.3, -0.25) is 0 Å². The third-order valence-corrected chi connectivity index (χ3v) is 3.23. The molecule has 0 aliphatic heterocycles. The fourth-order valence-corrected chi connectivity index (χ4v) is 2.19. The van der Waals surface area contributed by atoms with Crippen LogP contribution in [0.3, 0.4) is 0 Å². The van der Waals surface area contributed by atoms with Crippen LogP contribution in [0.2, 0.25) is 0 Å². The van der Waals surface area contributed by atoms with Gasteiger partial charge in [0.05, 0.1) is 6.10 Å². The minimum atomic E-state index is -0.162. The second kappa shape index (κ2) is 4.83. The highest BCUT2D eigenvalue weighted by atomic mass is 19.1. The van der Waals surface area contributed by atoms with E-state index in [1.54, 1.807) is 13.0 Å². The van der Waals surface area contributed by atoms with Crippen molar-refractivity contribution in [2.45, 2.75) is 44.8 Å². The minimum Gasteiger partial charge on any atom is -0.393 e. The normalized spacial score (nSPS) is 25.4. The van der Waals surface area contributed by atoms with Gasteiger partial charge in [0.15, 0.2) is 0 Å². The number of hydrogen-bond donors (Lipinski definition) is 2. The van der Waals surface area contributed by atoms with Gasteiger partial charge >= 0.3 is 0 Å². The predicted molar refractivity (Wildman–Crippen MR) is 63.0 cm³/mol. The molecule has 0 saturated heterocycles. The monoisotopic (exact) mass is 223 g/mol. The summed E-state index contributed by atoms with van der Waals surface area (Å²) < 4.78 is 13.1. The van der Waals surface area contributed by atoms with Crippen molar-refractivity contribution in [1.29, 1.82) is 0 Å². The minimum absolute atomic E-state index is 0.131. The Morgan fingerprint density at radius 1 is 1.25 bits per heavy atom. The number of aliphatic hydroxyl groups is 1. The summed E-state index contributed by atoms with van der Waals surface area (Å²) in [7, 11) is 0. The van der Waals surface area contributed by atoms with E-state index in [0.29, 0.717) is 11.6 Å². The lowest BCUT2D eigenvalue weighted by molar-refractivity contribution is 0.126. The standard InChI is InChI=1S/C13H18FNO/c1-9-8-11(4-7-13(9)14)15-10-2-5-12(16)6-3-10/h4,7-8,10,12,15-16H,2-3,5-6H2,1H3. The van der Waals surface area contributed by atoms with Gasteiger partial charge in [-0.2, -0.15) is 0 Å². The molecule has 0 spiro atoms. The predicted octanol–water partition coefficient (Wildman–Crippen LogP) is 2.85. The van der Waals surface area contributed by atoms with Crippen LogP contribution < -0.4 is 5.32 Å². The molecule has 1 aliphatic rings. The smallest absolute Gasteiger partial charge is 0.126 e. The van der Waals surface area contributed by atoms with Gasteiger partial charge in [0.25, 0.3) is 0 Å². The van der Waals surface area contributed by atoms with Crippen LogP contribution in [0.25, 0.3) is 0 Å². The average molecular weight is 223 g/mol. The number of hydrogen-bond acceptors (Lipinski definition) is 2. The molecule has 1 aromatic carbocycles. The maximum Gasteiger partial charge on any atom is 0.126 e. The van der Waals surface area contributed by atoms with Crippen molar-refractivity contribution in [3.63, 3.8) is 0 Å². The first-order valence-electron chi connectivity index (χ1n) is 5.86. The number of aliphatic hydroxyl groups excluding tert-OH is 1. The van der Waals surface area contributed by atoms with Gasteiger partial charge in [-0.25, -0.2) is 4.39 Å². The quantitative estimate of drug-likeness (QED) is 0.808. The van der Waals surface area contributed by atoms with E-state index >= 15 is 0 Å². The molecule has 2 rings (SSSR count). The van der Waals surface area contributed by atoms with Gasteiger partial charge in [-0.15, -0.1) is 0 Å². The van der Waals surface area contributed by atoms with Crippen molar-refractivity contribution in [3.8, 4) is 0 Å². The molecule has 1 saturated carbocycles. The topological polar surface area (TPSA) is 32.3 Å². The zero-order chi connectivity index (χ0) is 11.5. The van der Waals surface area contributed by atoms with Crippen molar-refractivity contribution >= 4 is 5.69 Å². The molecule has 0 radical (unpaired) electrons. The summed E-state index contributed by atoms with van der Waals surface area (Å²) in [6, 6.07) is 5.51. The van der Waals surface area contributed by atoms with Gasteiger partial charge < -0.3 is 10.4 Å². The first-order valence-corrected chi connectivity index (χ1v) is 5.86. The van der Waals surface area contributed by atoms with Gasteiger partial charge in [0.1, 0.15) is 5.82 Å². The van der Waals surface area contributed by atoms with Crippen molar-refractivity contribution in [3.05, 3.63) is 29.6 Å². The molecule has 0 heterocycles. The molecular weight excluding hydrogens is 205 g/mol. The van der Waals surface area contributed by atoms with Crippen molar-refractivity contribution < 1.29 is 9.50 Å². The molecule has 88 valence electrons. The first-order chi connectivity index (χ1) is 7.65. The van der Waals surface area contributed by atoms with E-state index in [1.807, 2.05) is 6.07 Å². The Labute approximate surface area is 95.5 Å². The lowest BCUT2D eigenvalue weighted by Gasteiger charge is -2.27. The summed E-state index contributed by atoms with van der Waals surface area (Å²) in [4.78, 5) is 0. The fourth-order valence-electron chi connectivity index (χ4n) is 2.19. The second-order valence-corrected chi connectivity index (χ2v) is 4.61. The molecule has 3 heteroatoms. The molecule has 1 fully saturated rings. The summed E-state index contributed by atoms with van der Waals surface area (Å²) in [6.07, 6.45) is 3.55. The number of benzene rings is 1. The van der Waals surface area contributed by atoms with Gasteiger partial charge in [-0.1, -0.05) is 0 Å². The molecule has 0 amide bonds. The van der Waals surface area contributed by atoms with E-state index in [9.17, 15) is 9.50 Å². The van der Waals surface area contributed by atoms with Crippen LogP contribution in [0, 0.1) is 12.7 Å². The Bertz CT molecular complexity index is 359. The van der Waals surface area contributed by atoms with Crippen molar-refractivity contribution in [2.24, 2.45) is 0 Å². The third-order valence-electron chi connectivity index (χ3n) is 3.23. The second-order valence-electron chi connectivity index (χ2n) is 4.61. The van der Waals surface area contributed by atoms with Gasteiger partial charge in [0.2, 0.25) is 0 Å². The molecule has 2 nitrogen and oxygen atoms in total. The Hall–Kier alpha value is -1.09.